The summed E-state index contributed by atoms with van der Waals surface area (Å²) in [4.78, 5) is 18.2. The van der Waals surface area contributed by atoms with Crippen LogP contribution in [0.3, 0.4) is 0 Å². The van der Waals surface area contributed by atoms with Crippen LogP contribution in [0.25, 0.3) is 15.9 Å². The van der Waals surface area contributed by atoms with Crippen LogP contribution in [0.1, 0.15) is 16.6 Å². The molecule has 142 valence electrons. The summed E-state index contributed by atoms with van der Waals surface area (Å²) in [6.07, 6.45) is 2.06. The van der Waals surface area contributed by atoms with Gasteiger partial charge in [0.15, 0.2) is 0 Å². The minimum Gasteiger partial charge on any atom is -0.350 e. The van der Waals surface area contributed by atoms with E-state index in [0.717, 1.165) is 54.7 Å². The van der Waals surface area contributed by atoms with Gasteiger partial charge in [-0.3, -0.25) is 9.69 Å². The van der Waals surface area contributed by atoms with Crippen LogP contribution in [-0.4, -0.2) is 66.1 Å². The van der Waals surface area contributed by atoms with E-state index in [-0.39, 0.29) is 5.91 Å². The lowest BCUT2D eigenvalue weighted by Crippen LogP contribution is -2.48. The van der Waals surface area contributed by atoms with Crippen molar-refractivity contribution in [1.82, 2.24) is 19.7 Å². The highest BCUT2D eigenvalue weighted by molar-refractivity contribution is 7.16. The molecule has 1 N–H and O–H groups in total. The number of nitrogens with one attached hydrogen (secondary N) is 1. The van der Waals surface area contributed by atoms with Crippen molar-refractivity contribution in [3.8, 4) is 5.00 Å². The summed E-state index contributed by atoms with van der Waals surface area (Å²) >= 11 is 1.53. The number of nitrogens with zero attached hydrogens (tertiary/aromatic N) is 3. The third-order valence-corrected chi connectivity index (χ3v) is 6.36. The summed E-state index contributed by atoms with van der Waals surface area (Å²) in [6.45, 7) is 9.40. The Morgan fingerprint density at radius 2 is 1.81 bits per heavy atom. The Bertz CT molecular complexity index is 908. The molecule has 0 radical (unpaired) electrons. The first-order chi connectivity index (χ1) is 13.2. The third-order valence-electron chi connectivity index (χ3n) is 5.28. The average Bonchev–Trinajstić information content (AvgIpc) is 3.35. The highest BCUT2D eigenvalue weighted by Crippen LogP contribution is 2.26. The van der Waals surface area contributed by atoms with E-state index < -0.39 is 0 Å². The van der Waals surface area contributed by atoms with E-state index >= 15 is 0 Å². The van der Waals surface area contributed by atoms with Crippen LogP contribution in [0.2, 0.25) is 0 Å². The van der Waals surface area contributed by atoms with Crippen molar-refractivity contribution in [3.63, 3.8) is 0 Å². The van der Waals surface area contributed by atoms with Crippen LogP contribution in [0.4, 0.5) is 0 Å². The molecular weight excluding hydrogens is 356 g/mol. The molecule has 4 rings (SSSR count). The van der Waals surface area contributed by atoms with E-state index in [1.807, 2.05) is 24.3 Å². The fraction of sp³-hybridized carbons (Fsp3) is 0.381. The van der Waals surface area contributed by atoms with Crippen LogP contribution >= 0.6 is 11.3 Å². The molecule has 1 amide bonds. The Balaban J connectivity index is 1.33. The number of carbonyl (C=O) groups is 1. The fourth-order valence-corrected chi connectivity index (χ4v) is 4.52. The molecule has 0 spiro atoms. The second-order valence-electron chi connectivity index (χ2n) is 6.91. The predicted molar refractivity (Wildman–Crippen MR) is 112 cm³/mol. The second kappa shape index (κ2) is 8.25. The van der Waals surface area contributed by atoms with Gasteiger partial charge in [-0.2, -0.15) is 0 Å². The van der Waals surface area contributed by atoms with Gasteiger partial charge in [-0.15, -0.1) is 11.3 Å². The molecule has 27 heavy (non-hydrogen) atoms. The molecule has 6 heteroatoms. The zero-order chi connectivity index (χ0) is 18.6. The molecule has 1 fully saturated rings. The lowest BCUT2D eigenvalue weighted by Gasteiger charge is -2.33. The number of amides is 1. The van der Waals surface area contributed by atoms with Gasteiger partial charge >= 0.3 is 0 Å². The monoisotopic (exact) mass is 382 g/mol. The number of thiophene rings is 1. The van der Waals surface area contributed by atoms with Crippen LogP contribution < -0.4 is 5.32 Å². The van der Waals surface area contributed by atoms with Gasteiger partial charge in [0.05, 0.1) is 10.4 Å². The van der Waals surface area contributed by atoms with Gasteiger partial charge in [0, 0.05) is 45.5 Å². The number of piperazine rings is 1. The van der Waals surface area contributed by atoms with Gasteiger partial charge in [0.25, 0.3) is 5.91 Å². The van der Waals surface area contributed by atoms with E-state index in [0.29, 0.717) is 6.54 Å². The largest absolute Gasteiger partial charge is 0.350 e. The quantitative estimate of drug-likeness (QED) is 0.712. The normalized spacial score (nSPS) is 16.0. The summed E-state index contributed by atoms with van der Waals surface area (Å²) in [7, 11) is 0. The Hall–Kier alpha value is -2.15. The first-order valence-corrected chi connectivity index (χ1v) is 10.5. The minimum absolute atomic E-state index is 0.0231. The molecule has 0 aliphatic carbocycles. The Morgan fingerprint density at radius 1 is 1.04 bits per heavy atom. The summed E-state index contributed by atoms with van der Waals surface area (Å²) in [5, 5.41) is 5.35. The summed E-state index contributed by atoms with van der Waals surface area (Å²) in [5.41, 5.74) is 1.16. The Labute approximate surface area is 164 Å². The van der Waals surface area contributed by atoms with Crippen LogP contribution in [0.15, 0.2) is 48.7 Å². The standard InChI is InChI=1S/C21H26N4OS/c1-2-23-13-15-24(16-14-23)12-10-22-21(26)19-7-8-20(27-19)25-11-9-17-5-3-4-6-18(17)25/h3-9,11H,2,10,12-16H2,1H3,(H,22,26). The van der Waals surface area contributed by atoms with E-state index in [1.54, 1.807) is 0 Å². The number of hydrogen-bond donors (Lipinski definition) is 1. The topological polar surface area (TPSA) is 40.5 Å². The van der Waals surface area contributed by atoms with Crippen molar-refractivity contribution in [2.45, 2.75) is 6.92 Å². The maximum absolute atomic E-state index is 12.5. The van der Waals surface area contributed by atoms with Crippen molar-refractivity contribution in [2.75, 3.05) is 45.8 Å². The molecule has 1 saturated heterocycles. The molecule has 0 atom stereocenters. The molecule has 3 heterocycles. The van der Waals surface area contributed by atoms with Crippen molar-refractivity contribution in [2.24, 2.45) is 0 Å². The maximum Gasteiger partial charge on any atom is 0.261 e. The zero-order valence-corrected chi connectivity index (χ0v) is 16.5. The van der Waals surface area contributed by atoms with Gasteiger partial charge in [0.1, 0.15) is 5.00 Å². The summed E-state index contributed by atoms with van der Waals surface area (Å²) in [5.74, 6) is 0.0231. The first kappa shape index (κ1) is 18.2. The number of carbonyl (C=O) groups excluding carboxylic acids is 1. The molecule has 0 saturated carbocycles. The molecule has 2 aromatic heterocycles. The second-order valence-corrected chi connectivity index (χ2v) is 7.98. The molecule has 1 aliphatic rings. The fourth-order valence-electron chi connectivity index (χ4n) is 3.60. The van der Waals surface area contributed by atoms with Crippen LogP contribution in [0, 0.1) is 0 Å². The number of aromatic nitrogens is 1. The Kier molecular flexibility index (Phi) is 5.57. The third kappa shape index (κ3) is 4.08. The van der Waals surface area contributed by atoms with Crippen LogP contribution in [-0.2, 0) is 0 Å². The van der Waals surface area contributed by atoms with Crippen molar-refractivity contribution >= 4 is 28.1 Å². The van der Waals surface area contributed by atoms with E-state index in [4.69, 9.17) is 0 Å². The van der Waals surface area contributed by atoms with Gasteiger partial charge < -0.3 is 14.8 Å². The van der Waals surface area contributed by atoms with Gasteiger partial charge in [-0.25, -0.2) is 0 Å². The highest BCUT2D eigenvalue weighted by atomic mass is 32.1. The minimum atomic E-state index is 0.0231. The van der Waals surface area contributed by atoms with Crippen molar-refractivity contribution in [3.05, 3.63) is 53.5 Å². The Morgan fingerprint density at radius 3 is 2.63 bits per heavy atom. The number of rotatable bonds is 6. The zero-order valence-electron chi connectivity index (χ0n) is 15.7. The lowest BCUT2D eigenvalue weighted by atomic mass is 10.2. The van der Waals surface area contributed by atoms with Crippen molar-refractivity contribution < 1.29 is 4.79 Å². The molecule has 0 bridgehead atoms. The van der Waals surface area contributed by atoms with Gasteiger partial charge in [-0.1, -0.05) is 25.1 Å². The van der Waals surface area contributed by atoms with Gasteiger partial charge in [0.2, 0.25) is 0 Å². The molecular formula is C21H26N4OS. The molecule has 0 unspecified atom stereocenters. The number of para-hydroxylation sites is 1. The molecule has 1 aromatic carbocycles. The molecule has 1 aliphatic heterocycles. The SMILES string of the molecule is CCN1CCN(CCNC(=O)c2ccc(-n3ccc4ccccc43)s2)CC1. The van der Waals surface area contributed by atoms with Crippen molar-refractivity contribution in [1.29, 1.82) is 0 Å². The average molecular weight is 383 g/mol. The summed E-state index contributed by atoms with van der Waals surface area (Å²) in [6, 6.07) is 14.3. The number of fused-ring (bicyclic) bond motifs is 1. The van der Waals surface area contributed by atoms with Gasteiger partial charge in [-0.05, 0) is 36.2 Å². The molecule has 3 aromatic rings. The first-order valence-electron chi connectivity index (χ1n) is 9.64. The molecule has 5 nitrogen and oxygen atoms in total. The smallest absolute Gasteiger partial charge is 0.261 e. The van der Waals surface area contributed by atoms with Crippen LogP contribution in [0.5, 0.6) is 0 Å². The predicted octanol–water partition coefficient (Wildman–Crippen LogP) is 3.06. The highest BCUT2D eigenvalue weighted by Gasteiger charge is 2.16. The van der Waals surface area contributed by atoms with E-state index in [9.17, 15) is 4.79 Å². The maximum atomic E-state index is 12.5. The number of benzene rings is 1. The number of hydrogen-bond acceptors (Lipinski definition) is 4. The number of likely N-dealkylation sites (N-methyl/N-ethyl adjacent to an activating group) is 1. The summed E-state index contributed by atoms with van der Waals surface area (Å²) < 4.78 is 2.14. The van der Waals surface area contributed by atoms with E-state index in [1.165, 1.54) is 16.7 Å². The lowest BCUT2D eigenvalue weighted by molar-refractivity contribution is 0.0942. The van der Waals surface area contributed by atoms with E-state index in [2.05, 4.69) is 51.0 Å².